The largest absolute Gasteiger partial charge is 0.465 e. The van der Waals surface area contributed by atoms with E-state index in [4.69, 9.17) is 16.3 Å². The van der Waals surface area contributed by atoms with Crippen LogP contribution in [0.4, 0.5) is 23.0 Å². The average Bonchev–Trinajstić information content (AvgIpc) is 2.64. The summed E-state index contributed by atoms with van der Waals surface area (Å²) in [5.74, 6) is 1.44. The quantitative estimate of drug-likeness (QED) is 0.603. The predicted octanol–water partition coefficient (Wildman–Crippen LogP) is 5.02. The Labute approximate surface area is 162 Å². The van der Waals surface area contributed by atoms with E-state index < -0.39 is 5.97 Å². The normalized spacial score (nSPS) is 10.4. The number of anilines is 4. The van der Waals surface area contributed by atoms with E-state index in [0.29, 0.717) is 28.0 Å². The maximum Gasteiger partial charge on any atom is 0.337 e. The van der Waals surface area contributed by atoms with Crippen molar-refractivity contribution in [3.8, 4) is 0 Å². The molecule has 0 aliphatic carbocycles. The molecule has 3 rings (SSSR count). The molecule has 0 atom stereocenters. The van der Waals surface area contributed by atoms with E-state index in [-0.39, 0.29) is 0 Å². The van der Waals surface area contributed by atoms with Gasteiger partial charge in [0, 0.05) is 22.5 Å². The Morgan fingerprint density at radius 3 is 2.26 bits per heavy atom. The predicted molar refractivity (Wildman–Crippen MR) is 107 cm³/mol. The van der Waals surface area contributed by atoms with Crippen LogP contribution >= 0.6 is 11.6 Å². The lowest BCUT2D eigenvalue weighted by atomic mass is 10.2. The molecule has 0 saturated heterocycles. The number of carbonyl (C=O) groups excluding carboxylic acids is 1. The van der Waals surface area contributed by atoms with Crippen molar-refractivity contribution in [1.29, 1.82) is 0 Å². The summed E-state index contributed by atoms with van der Waals surface area (Å²) in [6.07, 6.45) is 0. The number of carbonyl (C=O) groups is 1. The van der Waals surface area contributed by atoms with Crippen LogP contribution in [0.1, 0.15) is 21.7 Å². The molecule has 2 aromatic carbocycles. The molecule has 0 amide bonds. The Hall–Kier alpha value is -3.12. The highest BCUT2D eigenvalue weighted by atomic mass is 35.5. The molecule has 0 spiro atoms. The summed E-state index contributed by atoms with van der Waals surface area (Å²) in [4.78, 5) is 20.5. The lowest BCUT2D eigenvalue weighted by molar-refractivity contribution is 0.0601. The molecule has 3 aromatic rings. The third-order valence-electron chi connectivity index (χ3n) is 3.84. The van der Waals surface area contributed by atoms with Crippen molar-refractivity contribution >= 4 is 40.6 Å². The van der Waals surface area contributed by atoms with Crippen molar-refractivity contribution < 1.29 is 9.53 Å². The van der Waals surface area contributed by atoms with Crippen molar-refractivity contribution in [2.24, 2.45) is 0 Å². The summed E-state index contributed by atoms with van der Waals surface area (Å²) in [6, 6.07) is 14.5. The van der Waals surface area contributed by atoms with E-state index in [9.17, 15) is 4.79 Å². The number of ether oxygens (including phenoxy) is 1. The monoisotopic (exact) mass is 382 g/mol. The first-order chi connectivity index (χ1) is 12.9. The number of benzene rings is 2. The van der Waals surface area contributed by atoms with Gasteiger partial charge in [-0.05, 0) is 49.7 Å². The Morgan fingerprint density at radius 1 is 0.963 bits per heavy atom. The summed E-state index contributed by atoms with van der Waals surface area (Å²) >= 11 is 6.18. The molecule has 0 bridgehead atoms. The average molecular weight is 383 g/mol. The highest BCUT2D eigenvalue weighted by Crippen LogP contribution is 2.24. The number of esters is 1. The van der Waals surface area contributed by atoms with Gasteiger partial charge in [0.2, 0.25) is 0 Å². The van der Waals surface area contributed by atoms with E-state index in [2.05, 4.69) is 20.6 Å². The molecule has 0 aliphatic rings. The molecule has 1 aromatic heterocycles. The highest BCUT2D eigenvalue weighted by Gasteiger charge is 2.08. The second-order valence-corrected chi connectivity index (χ2v) is 6.38. The van der Waals surface area contributed by atoms with E-state index in [1.165, 1.54) is 7.11 Å². The van der Waals surface area contributed by atoms with Crippen molar-refractivity contribution in [1.82, 2.24) is 9.97 Å². The first-order valence-corrected chi connectivity index (χ1v) is 8.66. The molecule has 6 nitrogen and oxygen atoms in total. The number of hydrogen-bond acceptors (Lipinski definition) is 6. The fourth-order valence-corrected chi connectivity index (χ4v) is 2.68. The topological polar surface area (TPSA) is 76.1 Å². The molecule has 0 radical (unpaired) electrons. The fourth-order valence-electron chi connectivity index (χ4n) is 2.50. The van der Waals surface area contributed by atoms with E-state index in [0.717, 1.165) is 16.9 Å². The minimum absolute atomic E-state index is 0.392. The third-order valence-corrected chi connectivity index (χ3v) is 4.25. The Balaban J connectivity index is 1.83. The number of hydrogen-bond donors (Lipinski definition) is 2. The zero-order valence-electron chi connectivity index (χ0n) is 15.2. The van der Waals surface area contributed by atoms with Gasteiger partial charge >= 0.3 is 5.97 Å². The summed E-state index contributed by atoms with van der Waals surface area (Å²) in [5.41, 5.74) is 3.03. The molecule has 0 aliphatic heterocycles. The molecular formula is C20H19ClN4O2. The van der Waals surface area contributed by atoms with Gasteiger partial charge in [-0.25, -0.2) is 14.8 Å². The summed E-state index contributed by atoms with van der Waals surface area (Å²) < 4.78 is 4.75. The molecule has 7 heteroatoms. The maximum atomic E-state index is 11.7. The Kier molecular flexibility index (Phi) is 5.57. The van der Waals surface area contributed by atoms with E-state index >= 15 is 0 Å². The standard InChI is InChI=1S/C20H19ClN4O2/c1-12-7-8-16(10-17(12)21)25-19-11-18(22-13(2)23-19)24-15-6-4-5-14(9-15)20(26)27-3/h4-11H,1-3H3,(H2,22,23,24,25). The van der Waals surface area contributed by atoms with Gasteiger partial charge in [-0.1, -0.05) is 23.7 Å². The second-order valence-electron chi connectivity index (χ2n) is 5.97. The van der Waals surface area contributed by atoms with Crippen LogP contribution in [0.15, 0.2) is 48.5 Å². The molecule has 138 valence electrons. The van der Waals surface area contributed by atoms with Crippen LogP contribution < -0.4 is 10.6 Å². The van der Waals surface area contributed by atoms with Gasteiger partial charge < -0.3 is 15.4 Å². The Bertz CT molecular complexity index is 991. The number of aryl methyl sites for hydroxylation is 2. The Morgan fingerprint density at radius 2 is 1.63 bits per heavy atom. The third kappa shape index (κ3) is 4.74. The number of rotatable bonds is 5. The maximum absolute atomic E-state index is 11.7. The van der Waals surface area contributed by atoms with Gasteiger partial charge in [0.25, 0.3) is 0 Å². The highest BCUT2D eigenvalue weighted by molar-refractivity contribution is 6.31. The molecule has 1 heterocycles. The van der Waals surface area contributed by atoms with E-state index in [1.807, 2.05) is 38.1 Å². The van der Waals surface area contributed by atoms with E-state index in [1.54, 1.807) is 24.3 Å². The zero-order chi connectivity index (χ0) is 19.4. The van der Waals surface area contributed by atoms with Crippen molar-refractivity contribution in [2.45, 2.75) is 13.8 Å². The zero-order valence-corrected chi connectivity index (χ0v) is 16.0. The molecule has 0 fully saturated rings. The molecule has 0 unspecified atom stereocenters. The molecule has 2 N–H and O–H groups in total. The molecule has 27 heavy (non-hydrogen) atoms. The minimum atomic E-state index is -0.392. The van der Waals surface area contributed by atoms with Gasteiger partial charge in [0.05, 0.1) is 12.7 Å². The van der Waals surface area contributed by atoms with Crippen molar-refractivity contribution in [2.75, 3.05) is 17.7 Å². The first-order valence-electron chi connectivity index (χ1n) is 8.29. The van der Waals surface area contributed by atoms with Gasteiger partial charge in [-0.2, -0.15) is 0 Å². The smallest absolute Gasteiger partial charge is 0.337 e. The van der Waals surface area contributed by atoms with Gasteiger partial charge in [0.15, 0.2) is 0 Å². The number of nitrogens with one attached hydrogen (secondary N) is 2. The minimum Gasteiger partial charge on any atom is -0.465 e. The second kappa shape index (κ2) is 8.05. The van der Waals surface area contributed by atoms with Crippen LogP contribution in [0.3, 0.4) is 0 Å². The number of nitrogens with zero attached hydrogens (tertiary/aromatic N) is 2. The lowest BCUT2D eigenvalue weighted by Crippen LogP contribution is -2.04. The summed E-state index contributed by atoms with van der Waals surface area (Å²) in [6.45, 7) is 3.76. The van der Waals surface area contributed by atoms with Crippen LogP contribution in [0, 0.1) is 13.8 Å². The van der Waals surface area contributed by atoms with Crippen LogP contribution in [0.5, 0.6) is 0 Å². The molecule has 0 saturated carbocycles. The van der Waals surface area contributed by atoms with Crippen molar-refractivity contribution in [3.05, 3.63) is 70.5 Å². The van der Waals surface area contributed by atoms with Gasteiger partial charge in [0.1, 0.15) is 17.5 Å². The fraction of sp³-hybridized carbons (Fsp3) is 0.150. The first kappa shape index (κ1) is 18.7. The lowest BCUT2D eigenvalue weighted by Gasteiger charge is -2.11. The van der Waals surface area contributed by atoms with Crippen LogP contribution in [-0.4, -0.2) is 23.0 Å². The van der Waals surface area contributed by atoms with Crippen molar-refractivity contribution in [3.63, 3.8) is 0 Å². The van der Waals surface area contributed by atoms with Crippen LogP contribution in [0.25, 0.3) is 0 Å². The van der Waals surface area contributed by atoms with Gasteiger partial charge in [-0.15, -0.1) is 0 Å². The SMILES string of the molecule is COC(=O)c1cccc(Nc2cc(Nc3ccc(C)c(Cl)c3)nc(C)n2)c1. The number of aromatic nitrogens is 2. The summed E-state index contributed by atoms with van der Waals surface area (Å²) in [5, 5.41) is 7.10. The summed E-state index contributed by atoms with van der Waals surface area (Å²) in [7, 11) is 1.35. The molecular weight excluding hydrogens is 364 g/mol. The van der Waals surface area contributed by atoms with Crippen LogP contribution in [-0.2, 0) is 4.74 Å². The van der Waals surface area contributed by atoms with Gasteiger partial charge in [-0.3, -0.25) is 0 Å². The van der Waals surface area contributed by atoms with Crippen LogP contribution in [0.2, 0.25) is 5.02 Å². The number of halogens is 1. The number of methoxy groups -OCH3 is 1.